The number of anilines is 1. The van der Waals surface area contributed by atoms with Crippen LogP contribution in [-0.4, -0.2) is 20.4 Å². The van der Waals surface area contributed by atoms with Crippen molar-refractivity contribution in [3.05, 3.63) is 54.4 Å². The average molecular weight is 291 g/mol. The van der Waals surface area contributed by atoms with Crippen LogP contribution in [0.1, 0.15) is 18.5 Å². The van der Waals surface area contributed by atoms with Crippen molar-refractivity contribution in [3.8, 4) is 0 Å². The SMILES string of the molecule is CC(N)c1ccc(S(=O)(=O)N(C)c2ccncc2)cc1. The zero-order chi connectivity index (χ0) is 14.8. The van der Waals surface area contributed by atoms with Gasteiger partial charge in [-0.05, 0) is 36.8 Å². The van der Waals surface area contributed by atoms with Gasteiger partial charge in [0.1, 0.15) is 0 Å². The number of nitrogens with two attached hydrogens (primary N) is 1. The Bertz CT molecular complexity index is 667. The van der Waals surface area contributed by atoms with Crippen LogP contribution in [0.2, 0.25) is 0 Å². The zero-order valence-electron chi connectivity index (χ0n) is 11.4. The molecule has 0 aliphatic heterocycles. The van der Waals surface area contributed by atoms with E-state index in [0.29, 0.717) is 5.69 Å². The number of aromatic nitrogens is 1. The molecule has 0 aliphatic rings. The summed E-state index contributed by atoms with van der Waals surface area (Å²) in [5.74, 6) is 0. The first-order valence-corrected chi connectivity index (χ1v) is 7.61. The second-order valence-corrected chi connectivity index (χ2v) is 6.50. The van der Waals surface area contributed by atoms with Gasteiger partial charge in [-0.15, -0.1) is 0 Å². The third-order valence-corrected chi connectivity index (χ3v) is 4.89. The molecule has 2 rings (SSSR count). The Hall–Kier alpha value is -1.92. The van der Waals surface area contributed by atoms with E-state index in [9.17, 15) is 8.42 Å². The summed E-state index contributed by atoms with van der Waals surface area (Å²) < 4.78 is 26.2. The van der Waals surface area contributed by atoms with Crippen molar-refractivity contribution in [2.45, 2.75) is 17.9 Å². The minimum absolute atomic E-state index is 0.121. The van der Waals surface area contributed by atoms with Crippen LogP contribution in [0.15, 0.2) is 53.7 Å². The third kappa shape index (κ3) is 2.81. The second kappa shape index (κ2) is 5.60. The fraction of sp³-hybridized carbons (Fsp3) is 0.214. The second-order valence-electron chi connectivity index (χ2n) is 4.54. The van der Waals surface area contributed by atoms with Crippen molar-refractivity contribution in [1.82, 2.24) is 4.98 Å². The Morgan fingerprint density at radius 1 is 1.10 bits per heavy atom. The molecule has 0 spiro atoms. The van der Waals surface area contributed by atoms with Gasteiger partial charge in [0, 0.05) is 25.5 Å². The quantitative estimate of drug-likeness (QED) is 0.933. The lowest BCUT2D eigenvalue weighted by Crippen LogP contribution is -2.26. The molecule has 0 saturated carbocycles. The molecular formula is C14H17N3O2S. The highest BCUT2D eigenvalue weighted by molar-refractivity contribution is 7.92. The summed E-state index contributed by atoms with van der Waals surface area (Å²) in [5.41, 5.74) is 7.22. The van der Waals surface area contributed by atoms with Gasteiger partial charge in [0.05, 0.1) is 10.6 Å². The number of hydrogen-bond acceptors (Lipinski definition) is 4. The molecule has 0 saturated heterocycles. The smallest absolute Gasteiger partial charge is 0.264 e. The molecule has 20 heavy (non-hydrogen) atoms. The highest BCUT2D eigenvalue weighted by atomic mass is 32.2. The van der Waals surface area contributed by atoms with Crippen LogP contribution in [0.5, 0.6) is 0 Å². The van der Waals surface area contributed by atoms with Crippen LogP contribution in [0.4, 0.5) is 5.69 Å². The largest absolute Gasteiger partial charge is 0.324 e. The van der Waals surface area contributed by atoms with Gasteiger partial charge in [-0.25, -0.2) is 8.42 Å². The summed E-state index contributed by atoms with van der Waals surface area (Å²) >= 11 is 0. The van der Waals surface area contributed by atoms with E-state index in [-0.39, 0.29) is 10.9 Å². The van der Waals surface area contributed by atoms with Crippen LogP contribution in [0.3, 0.4) is 0 Å². The Morgan fingerprint density at radius 3 is 2.15 bits per heavy atom. The summed E-state index contributed by atoms with van der Waals surface area (Å²) in [6.45, 7) is 1.85. The van der Waals surface area contributed by atoms with E-state index in [0.717, 1.165) is 5.56 Å². The van der Waals surface area contributed by atoms with Gasteiger partial charge in [-0.3, -0.25) is 9.29 Å². The maximum Gasteiger partial charge on any atom is 0.264 e. The first-order valence-electron chi connectivity index (χ1n) is 6.17. The average Bonchev–Trinajstić information content (AvgIpc) is 2.47. The minimum atomic E-state index is -3.57. The lowest BCUT2D eigenvalue weighted by Gasteiger charge is -2.19. The number of rotatable bonds is 4. The molecule has 0 fully saturated rings. The van der Waals surface area contributed by atoms with Crippen molar-refractivity contribution >= 4 is 15.7 Å². The molecule has 0 amide bonds. The van der Waals surface area contributed by atoms with Crippen molar-refractivity contribution < 1.29 is 8.42 Å². The topological polar surface area (TPSA) is 76.3 Å². The Kier molecular flexibility index (Phi) is 4.06. The van der Waals surface area contributed by atoms with Crippen LogP contribution >= 0.6 is 0 Å². The van der Waals surface area contributed by atoms with Crippen LogP contribution in [0.25, 0.3) is 0 Å². The molecule has 0 radical (unpaired) electrons. The fourth-order valence-corrected chi connectivity index (χ4v) is 2.99. The number of benzene rings is 1. The van der Waals surface area contributed by atoms with E-state index in [1.807, 2.05) is 6.92 Å². The number of sulfonamides is 1. The number of nitrogens with zero attached hydrogens (tertiary/aromatic N) is 2. The van der Waals surface area contributed by atoms with Gasteiger partial charge in [0.2, 0.25) is 0 Å². The van der Waals surface area contributed by atoms with E-state index < -0.39 is 10.0 Å². The summed E-state index contributed by atoms with van der Waals surface area (Å²) in [6, 6.07) is 9.79. The first-order chi connectivity index (χ1) is 9.43. The summed E-state index contributed by atoms with van der Waals surface area (Å²) in [4.78, 5) is 4.12. The molecule has 0 aliphatic carbocycles. The normalized spacial score (nSPS) is 12.9. The van der Waals surface area contributed by atoms with E-state index in [1.54, 1.807) is 48.8 Å². The maximum atomic E-state index is 12.5. The highest BCUT2D eigenvalue weighted by Gasteiger charge is 2.21. The predicted octanol–water partition coefficient (Wildman–Crippen LogP) is 1.93. The van der Waals surface area contributed by atoms with Gasteiger partial charge in [-0.1, -0.05) is 12.1 Å². The lowest BCUT2D eigenvalue weighted by atomic mass is 10.1. The van der Waals surface area contributed by atoms with Gasteiger partial charge >= 0.3 is 0 Å². The molecule has 5 nitrogen and oxygen atoms in total. The molecule has 2 aromatic rings. The standard InChI is InChI=1S/C14H17N3O2S/c1-11(15)12-3-5-14(6-4-12)20(18,19)17(2)13-7-9-16-10-8-13/h3-11H,15H2,1-2H3. The summed E-state index contributed by atoms with van der Waals surface area (Å²) in [6.07, 6.45) is 3.11. The zero-order valence-corrected chi connectivity index (χ0v) is 12.2. The van der Waals surface area contributed by atoms with Crippen molar-refractivity contribution in [1.29, 1.82) is 0 Å². The molecule has 106 valence electrons. The maximum absolute atomic E-state index is 12.5. The van der Waals surface area contributed by atoms with E-state index in [1.165, 1.54) is 11.4 Å². The lowest BCUT2D eigenvalue weighted by molar-refractivity contribution is 0.594. The number of pyridine rings is 1. The fourth-order valence-electron chi connectivity index (χ4n) is 1.79. The summed E-state index contributed by atoms with van der Waals surface area (Å²) in [7, 11) is -2.05. The van der Waals surface area contributed by atoms with Gasteiger partial charge in [-0.2, -0.15) is 0 Å². The molecule has 1 aromatic heterocycles. The van der Waals surface area contributed by atoms with E-state index in [2.05, 4.69) is 4.98 Å². The minimum Gasteiger partial charge on any atom is -0.324 e. The highest BCUT2D eigenvalue weighted by Crippen LogP contribution is 2.22. The van der Waals surface area contributed by atoms with Crippen LogP contribution < -0.4 is 10.0 Å². The van der Waals surface area contributed by atoms with Crippen LogP contribution in [-0.2, 0) is 10.0 Å². The van der Waals surface area contributed by atoms with E-state index in [4.69, 9.17) is 5.73 Å². The molecule has 0 bridgehead atoms. The Balaban J connectivity index is 2.35. The monoisotopic (exact) mass is 291 g/mol. The molecular weight excluding hydrogens is 274 g/mol. The molecule has 1 heterocycles. The van der Waals surface area contributed by atoms with Crippen molar-refractivity contribution in [3.63, 3.8) is 0 Å². The molecule has 2 N–H and O–H groups in total. The first kappa shape index (κ1) is 14.5. The summed E-state index contributed by atoms with van der Waals surface area (Å²) in [5, 5.41) is 0. The Morgan fingerprint density at radius 2 is 1.65 bits per heavy atom. The molecule has 6 heteroatoms. The van der Waals surface area contributed by atoms with Gasteiger partial charge in [0.15, 0.2) is 0 Å². The predicted molar refractivity (Wildman–Crippen MR) is 78.9 cm³/mol. The van der Waals surface area contributed by atoms with Crippen molar-refractivity contribution in [2.75, 3.05) is 11.4 Å². The third-order valence-electron chi connectivity index (χ3n) is 3.09. The van der Waals surface area contributed by atoms with E-state index >= 15 is 0 Å². The number of hydrogen-bond donors (Lipinski definition) is 1. The van der Waals surface area contributed by atoms with Crippen LogP contribution in [0, 0.1) is 0 Å². The van der Waals surface area contributed by atoms with Gasteiger partial charge in [0.25, 0.3) is 10.0 Å². The van der Waals surface area contributed by atoms with Crippen molar-refractivity contribution in [2.24, 2.45) is 5.73 Å². The molecule has 1 aromatic carbocycles. The molecule has 1 unspecified atom stereocenters. The Labute approximate surface area is 119 Å². The molecule has 1 atom stereocenters. The van der Waals surface area contributed by atoms with Gasteiger partial charge < -0.3 is 5.73 Å².